The van der Waals surface area contributed by atoms with Gasteiger partial charge in [0.1, 0.15) is 11.3 Å². The van der Waals surface area contributed by atoms with Crippen molar-refractivity contribution in [3.8, 4) is 5.75 Å². The summed E-state index contributed by atoms with van der Waals surface area (Å²) in [5, 5.41) is 13.6. The van der Waals surface area contributed by atoms with Crippen LogP contribution >= 0.6 is 23.2 Å². The molecule has 0 aliphatic heterocycles. The van der Waals surface area contributed by atoms with Crippen molar-refractivity contribution in [3.05, 3.63) is 55.4 Å². The number of anilines is 1. The van der Waals surface area contributed by atoms with Crippen molar-refractivity contribution in [2.45, 2.75) is 25.7 Å². The number of fused-ring (bicyclic) bond motifs is 1. The molecule has 1 aliphatic carbocycles. The van der Waals surface area contributed by atoms with Gasteiger partial charge in [0, 0.05) is 16.3 Å². The largest absolute Gasteiger partial charge is 0.507 e. The van der Waals surface area contributed by atoms with Crippen LogP contribution in [0.5, 0.6) is 5.75 Å². The van der Waals surface area contributed by atoms with Gasteiger partial charge in [0.15, 0.2) is 0 Å². The Kier molecular flexibility index (Phi) is 4.33. The molecule has 0 saturated carbocycles. The van der Waals surface area contributed by atoms with Gasteiger partial charge in [0.05, 0.1) is 10.7 Å². The lowest BCUT2D eigenvalue weighted by Gasteiger charge is -2.18. The highest BCUT2D eigenvalue weighted by molar-refractivity contribution is 6.36. The van der Waals surface area contributed by atoms with Crippen molar-refractivity contribution in [3.63, 3.8) is 0 Å². The fourth-order valence-electron chi connectivity index (χ4n) is 2.75. The van der Waals surface area contributed by atoms with Gasteiger partial charge in [-0.05, 0) is 43.9 Å². The highest BCUT2D eigenvalue weighted by atomic mass is 35.5. The summed E-state index contributed by atoms with van der Waals surface area (Å²) in [7, 11) is 0. The molecule has 0 bridgehead atoms. The summed E-state index contributed by atoms with van der Waals surface area (Å²) < 4.78 is 0. The number of aromatic nitrogens is 1. The molecule has 0 unspecified atom stereocenters. The summed E-state index contributed by atoms with van der Waals surface area (Å²) in [5.41, 5.74) is 0.767. The second-order valence-corrected chi connectivity index (χ2v) is 6.26. The third kappa shape index (κ3) is 3.07. The first-order valence-electron chi connectivity index (χ1n) is 7.20. The molecule has 2 aromatic rings. The summed E-state index contributed by atoms with van der Waals surface area (Å²) in [4.78, 5) is 27.2. The van der Waals surface area contributed by atoms with E-state index in [0.29, 0.717) is 34.8 Å². The van der Waals surface area contributed by atoms with Crippen molar-refractivity contribution in [2.24, 2.45) is 0 Å². The van der Waals surface area contributed by atoms with Crippen molar-refractivity contribution in [1.82, 2.24) is 4.98 Å². The lowest BCUT2D eigenvalue weighted by molar-refractivity contribution is 0.102. The van der Waals surface area contributed by atoms with Gasteiger partial charge in [-0.2, -0.15) is 0 Å². The lowest BCUT2D eigenvalue weighted by atomic mass is 9.93. The number of H-pyrrole nitrogens is 1. The second kappa shape index (κ2) is 6.26. The smallest absolute Gasteiger partial charge is 0.265 e. The Morgan fingerprint density at radius 3 is 2.70 bits per heavy atom. The maximum Gasteiger partial charge on any atom is 0.265 e. The Hall–Kier alpha value is -1.98. The summed E-state index contributed by atoms with van der Waals surface area (Å²) >= 11 is 11.8. The van der Waals surface area contributed by atoms with E-state index in [0.717, 1.165) is 12.8 Å². The fraction of sp³-hybridized carbons (Fsp3) is 0.250. The van der Waals surface area contributed by atoms with E-state index < -0.39 is 11.5 Å². The first-order valence-corrected chi connectivity index (χ1v) is 7.96. The van der Waals surface area contributed by atoms with Crippen LogP contribution in [-0.4, -0.2) is 16.0 Å². The minimum Gasteiger partial charge on any atom is -0.507 e. The minimum atomic E-state index is -0.707. The molecule has 0 spiro atoms. The van der Waals surface area contributed by atoms with Crippen molar-refractivity contribution in [1.29, 1.82) is 0 Å². The van der Waals surface area contributed by atoms with Crippen LogP contribution in [0.4, 0.5) is 5.69 Å². The standard InChI is InChI=1S/C16H14Cl2N2O3/c17-8-5-6-12(10(18)7-8)20-16(23)13-14(21)9-3-1-2-4-11(9)19-15(13)22/h5-7H,1-4H2,(H,20,23)(H2,19,21,22). The number of amides is 1. The number of nitrogens with one attached hydrogen (secondary N) is 2. The van der Waals surface area contributed by atoms with E-state index in [9.17, 15) is 14.7 Å². The summed E-state index contributed by atoms with van der Waals surface area (Å²) in [5.74, 6) is -0.951. The number of hydrogen-bond donors (Lipinski definition) is 3. The van der Waals surface area contributed by atoms with E-state index in [2.05, 4.69) is 10.3 Å². The molecule has 3 N–H and O–H groups in total. The molecule has 0 saturated heterocycles. The number of aromatic amines is 1. The fourth-order valence-corrected chi connectivity index (χ4v) is 3.20. The normalized spacial score (nSPS) is 13.5. The summed E-state index contributed by atoms with van der Waals surface area (Å²) in [6, 6.07) is 4.59. The van der Waals surface area contributed by atoms with Crippen LogP contribution in [0.2, 0.25) is 10.0 Å². The van der Waals surface area contributed by atoms with Crippen LogP contribution in [0.15, 0.2) is 23.0 Å². The molecular weight excluding hydrogens is 339 g/mol. The molecule has 1 heterocycles. The molecule has 0 radical (unpaired) electrons. The number of carbonyl (C=O) groups excluding carboxylic acids is 1. The van der Waals surface area contributed by atoms with Crippen LogP contribution in [0.3, 0.4) is 0 Å². The Bertz CT molecular complexity index is 846. The van der Waals surface area contributed by atoms with Crippen LogP contribution in [-0.2, 0) is 12.8 Å². The Morgan fingerprint density at radius 1 is 1.22 bits per heavy atom. The summed E-state index contributed by atoms with van der Waals surface area (Å²) in [6.45, 7) is 0. The topological polar surface area (TPSA) is 82.2 Å². The first kappa shape index (κ1) is 15.9. The number of pyridine rings is 1. The van der Waals surface area contributed by atoms with Gasteiger partial charge < -0.3 is 15.4 Å². The second-order valence-electron chi connectivity index (χ2n) is 5.42. The Labute approximate surface area is 142 Å². The van der Waals surface area contributed by atoms with Gasteiger partial charge in [-0.25, -0.2) is 0 Å². The number of halogens is 2. The number of aromatic hydroxyl groups is 1. The van der Waals surface area contributed by atoms with Gasteiger partial charge in [0.2, 0.25) is 0 Å². The third-order valence-electron chi connectivity index (χ3n) is 3.89. The number of rotatable bonds is 2. The van der Waals surface area contributed by atoms with E-state index in [-0.39, 0.29) is 16.3 Å². The highest BCUT2D eigenvalue weighted by Gasteiger charge is 2.24. The zero-order chi connectivity index (χ0) is 16.6. The molecular formula is C16H14Cl2N2O3. The molecule has 1 aliphatic rings. The molecule has 0 fully saturated rings. The Morgan fingerprint density at radius 2 is 1.96 bits per heavy atom. The molecule has 7 heteroatoms. The predicted octanol–water partition coefficient (Wildman–Crippen LogP) is 3.52. The number of aryl methyl sites for hydroxylation is 1. The van der Waals surface area contributed by atoms with Gasteiger partial charge in [-0.1, -0.05) is 23.2 Å². The molecule has 1 aromatic carbocycles. The van der Waals surface area contributed by atoms with Crippen molar-refractivity contribution >= 4 is 34.8 Å². The van der Waals surface area contributed by atoms with E-state index >= 15 is 0 Å². The highest BCUT2D eigenvalue weighted by Crippen LogP contribution is 2.30. The monoisotopic (exact) mass is 352 g/mol. The van der Waals surface area contributed by atoms with Crippen LogP contribution in [0.25, 0.3) is 0 Å². The third-order valence-corrected chi connectivity index (χ3v) is 4.44. The number of carbonyl (C=O) groups is 1. The van der Waals surface area contributed by atoms with E-state index in [1.54, 1.807) is 6.07 Å². The van der Waals surface area contributed by atoms with Crippen molar-refractivity contribution < 1.29 is 9.90 Å². The average Bonchev–Trinajstić information content (AvgIpc) is 2.50. The molecule has 1 amide bonds. The SMILES string of the molecule is O=C(Nc1ccc(Cl)cc1Cl)c1c(O)c2c([nH]c1=O)CCCC2. The maximum absolute atomic E-state index is 12.4. The lowest BCUT2D eigenvalue weighted by Crippen LogP contribution is -2.26. The van der Waals surface area contributed by atoms with Crippen molar-refractivity contribution in [2.75, 3.05) is 5.32 Å². The zero-order valence-corrected chi connectivity index (χ0v) is 13.6. The molecule has 5 nitrogen and oxygen atoms in total. The van der Waals surface area contributed by atoms with Crippen LogP contribution in [0, 0.1) is 0 Å². The predicted molar refractivity (Wildman–Crippen MR) is 89.8 cm³/mol. The molecule has 120 valence electrons. The first-order chi connectivity index (χ1) is 11.0. The minimum absolute atomic E-state index is 0.244. The van der Waals surface area contributed by atoms with Gasteiger partial charge in [-0.15, -0.1) is 0 Å². The van der Waals surface area contributed by atoms with Gasteiger partial charge >= 0.3 is 0 Å². The molecule has 23 heavy (non-hydrogen) atoms. The maximum atomic E-state index is 12.4. The molecule has 3 rings (SSSR count). The number of benzene rings is 1. The van der Waals surface area contributed by atoms with Crippen LogP contribution < -0.4 is 10.9 Å². The van der Waals surface area contributed by atoms with E-state index in [1.165, 1.54) is 12.1 Å². The van der Waals surface area contributed by atoms with Gasteiger partial charge in [0.25, 0.3) is 11.5 Å². The average molecular weight is 353 g/mol. The zero-order valence-electron chi connectivity index (χ0n) is 12.1. The van der Waals surface area contributed by atoms with E-state index in [1.807, 2.05) is 0 Å². The van der Waals surface area contributed by atoms with E-state index in [4.69, 9.17) is 23.2 Å². The van der Waals surface area contributed by atoms with Gasteiger partial charge in [-0.3, -0.25) is 9.59 Å². The summed E-state index contributed by atoms with van der Waals surface area (Å²) in [6.07, 6.45) is 3.20. The Balaban J connectivity index is 1.98. The number of hydrogen-bond acceptors (Lipinski definition) is 3. The quantitative estimate of drug-likeness (QED) is 0.773. The van der Waals surface area contributed by atoms with Crippen LogP contribution in [0.1, 0.15) is 34.5 Å². The molecule has 1 aromatic heterocycles. The molecule has 0 atom stereocenters.